The summed E-state index contributed by atoms with van der Waals surface area (Å²) in [6, 6.07) is 17.5. The lowest BCUT2D eigenvalue weighted by Gasteiger charge is -2.25. The normalized spacial score (nSPS) is 16.7. The summed E-state index contributed by atoms with van der Waals surface area (Å²) < 4.78 is 5.28. The van der Waals surface area contributed by atoms with Crippen LogP contribution in [0.2, 0.25) is 0 Å². The molecule has 2 saturated carbocycles. The molecule has 2 aromatic carbocycles. The lowest BCUT2D eigenvalue weighted by molar-refractivity contribution is -0.131. The van der Waals surface area contributed by atoms with Crippen LogP contribution in [0, 0.1) is 11.8 Å². The maximum atomic E-state index is 14.4. The van der Waals surface area contributed by atoms with E-state index in [1.807, 2.05) is 59.2 Å². The SMILES string of the molecule is O=C(O)C=Cc1ccc(-c2nc3c(c(=O)n(CC4CCCCC4)c(=O)n3CC3CCCCC3)n2Cc2ccccc2)cc1. The molecule has 0 atom stereocenters. The highest BCUT2D eigenvalue weighted by Crippen LogP contribution is 2.29. The molecule has 2 fully saturated rings. The van der Waals surface area contributed by atoms with Gasteiger partial charge >= 0.3 is 11.7 Å². The highest BCUT2D eigenvalue weighted by atomic mass is 16.4. The summed E-state index contributed by atoms with van der Waals surface area (Å²) in [5, 5.41) is 9.02. The summed E-state index contributed by atoms with van der Waals surface area (Å²) in [7, 11) is 0. The molecule has 6 rings (SSSR count). The predicted molar refractivity (Wildman–Crippen MR) is 169 cm³/mol. The van der Waals surface area contributed by atoms with Gasteiger partial charge in [0.2, 0.25) is 0 Å². The lowest BCUT2D eigenvalue weighted by atomic mass is 9.89. The molecule has 43 heavy (non-hydrogen) atoms. The number of aliphatic carboxylic acids is 1. The number of carbonyl (C=O) groups is 1. The van der Waals surface area contributed by atoms with Crippen LogP contribution in [0.5, 0.6) is 0 Å². The summed E-state index contributed by atoms with van der Waals surface area (Å²) in [4.78, 5) is 44.6. The number of fused-ring (bicyclic) bond motifs is 1. The van der Waals surface area contributed by atoms with E-state index in [1.165, 1.54) is 30.3 Å². The van der Waals surface area contributed by atoms with Gasteiger partial charge in [0, 0.05) is 31.3 Å². The van der Waals surface area contributed by atoms with Crippen molar-refractivity contribution in [3.63, 3.8) is 0 Å². The summed E-state index contributed by atoms with van der Waals surface area (Å²) in [5.41, 5.74) is 3.02. The van der Waals surface area contributed by atoms with Crippen LogP contribution in [-0.2, 0) is 24.4 Å². The molecule has 0 radical (unpaired) electrons. The van der Waals surface area contributed by atoms with Crippen LogP contribution in [0.15, 0.2) is 70.3 Å². The minimum atomic E-state index is -1.01. The van der Waals surface area contributed by atoms with Gasteiger partial charge < -0.3 is 9.67 Å². The second-order valence-electron chi connectivity index (χ2n) is 12.3. The van der Waals surface area contributed by atoms with Crippen molar-refractivity contribution in [3.8, 4) is 11.4 Å². The largest absolute Gasteiger partial charge is 0.478 e. The molecule has 2 aromatic heterocycles. The third-order valence-electron chi connectivity index (χ3n) is 9.22. The first-order chi connectivity index (χ1) is 21.0. The number of benzene rings is 2. The molecule has 0 aliphatic heterocycles. The van der Waals surface area contributed by atoms with Crippen molar-refractivity contribution in [2.45, 2.75) is 83.8 Å². The topological polar surface area (TPSA) is 99.1 Å². The Bertz CT molecular complexity index is 1720. The number of hydrogen-bond acceptors (Lipinski definition) is 4. The quantitative estimate of drug-likeness (QED) is 0.233. The molecule has 1 N–H and O–H groups in total. The van der Waals surface area contributed by atoms with Gasteiger partial charge in [-0.1, -0.05) is 93.1 Å². The van der Waals surface area contributed by atoms with E-state index in [2.05, 4.69) is 0 Å². The summed E-state index contributed by atoms with van der Waals surface area (Å²) in [6.07, 6.45) is 14.0. The predicted octanol–water partition coefficient (Wildman–Crippen LogP) is 6.33. The average Bonchev–Trinajstić information content (AvgIpc) is 3.41. The molecule has 4 aromatic rings. The third kappa shape index (κ3) is 6.43. The maximum absolute atomic E-state index is 14.4. The first-order valence-electron chi connectivity index (χ1n) is 15.8. The number of aromatic nitrogens is 4. The number of carboxylic acid groups (broad SMARTS) is 1. The van der Waals surface area contributed by atoms with Gasteiger partial charge in [-0.2, -0.15) is 0 Å². The fourth-order valence-electron chi connectivity index (χ4n) is 6.92. The third-order valence-corrected chi connectivity index (χ3v) is 9.22. The molecule has 0 bridgehead atoms. The Morgan fingerprint density at radius 3 is 2.00 bits per heavy atom. The highest BCUT2D eigenvalue weighted by molar-refractivity contribution is 5.85. The van der Waals surface area contributed by atoms with Crippen LogP contribution in [0.1, 0.15) is 75.3 Å². The molecule has 0 amide bonds. The Morgan fingerprint density at radius 2 is 1.40 bits per heavy atom. The minimum absolute atomic E-state index is 0.237. The van der Waals surface area contributed by atoms with Gasteiger partial charge in [-0.3, -0.25) is 13.9 Å². The van der Waals surface area contributed by atoms with Crippen molar-refractivity contribution in [2.24, 2.45) is 11.8 Å². The molecule has 8 heteroatoms. The Kier molecular flexibility index (Phi) is 8.72. The first-order valence-corrected chi connectivity index (χ1v) is 15.8. The molecule has 0 unspecified atom stereocenters. The molecular weight excluding hydrogens is 540 g/mol. The molecule has 2 heterocycles. The van der Waals surface area contributed by atoms with E-state index >= 15 is 0 Å². The van der Waals surface area contributed by atoms with Gasteiger partial charge in [0.1, 0.15) is 5.82 Å². The first kappa shape index (κ1) is 28.9. The van der Waals surface area contributed by atoms with Crippen LogP contribution in [-0.4, -0.2) is 29.8 Å². The summed E-state index contributed by atoms with van der Waals surface area (Å²) in [6.45, 7) is 1.46. The Hall–Kier alpha value is -4.20. The summed E-state index contributed by atoms with van der Waals surface area (Å²) >= 11 is 0. The van der Waals surface area contributed by atoms with Crippen molar-refractivity contribution < 1.29 is 9.90 Å². The molecule has 0 spiro atoms. The van der Waals surface area contributed by atoms with Crippen molar-refractivity contribution >= 4 is 23.2 Å². The molecule has 224 valence electrons. The lowest BCUT2D eigenvalue weighted by Crippen LogP contribution is -2.43. The number of hydrogen-bond donors (Lipinski definition) is 1. The van der Waals surface area contributed by atoms with Crippen LogP contribution in [0.25, 0.3) is 28.6 Å². The zero-order valence-corrected chi connectivity index (χ0v) is 24.7. The fraction of sp³-hybridized carbons (Fsp3) is 0.429. The van der Waals surface area contributed by atoms with Crippen molar-refractivity contribution in [3.05, 3.63) is 92.6 Å². The van der Waals surface area contributed by atoms with Gasteiger partial charge in [0.05, 0.1) is 0 Å². The number of nitrogens with zero attached hydrogens (tertiary/aromatic N) is 4. The van der Waals surface area contributed by atoms with E-state index in [1.54, 1.807) is 10.6 Å². The van der Waals surface area contributed by atoms with Gasteiger partial charge in [-0.15, -0.1) is 0 Å². The van der Waals surface area contributed by atoms with Gasteiger partial charge in [-0.25, -0.2) is 14.6 Å². The second-order valence-corrected chi connectivity index (χ2v) is 12.3. The fourth-order valence-corrected chi connectivity index (χ4v) is 6.92. The Morgan fingerprint density at radius 1 is 0.791 bits per heavy atom. The minimum Gasteiger partial charge on any atom is -0.478 e. The van der Waals surface area contributed by atoms with Crippen LogP contribution < -0.4 is 11.2 Å². The molecule has 2 aliphatic carbocycles. The Labute approximate surface area is 251 Å². The van der Waals surface area contributed by atoms with E-state index < -0.39 is 5.97 Å². The molecule has 0 saturated heterocycles. The van der Waals surface area contributed by atoms with Gasteiger partial charge in [0.15, 0.2) is 11.2 Å². The smallest absolute Gasteiger partial charge is 0.332 e. The summed E-state index contributed by atoms with van der Waals surface area (Å²) in [5.74, 6) is 0.334. The van der Waals surface area contributed by atoms with E-state index in [4.69, 9.17) is 10.1 Å². The van der Waals surface area contributed by atoms with Crippen molar-refractivity contribution in [1.29, 1.82) is 0 Å². The van der Waals surface area contributed by atoms with Crippen LogP contribution in [0.3, 0.4) is 0 Å². The van der Waals surface area contributed by atoms with E-state index in [0.29, 0.717) is 48.5 Å². The van der Waals surface area contributed by atoms with Gasteiger partial charge in [0.25, 0.3) is 5.56 Å². The van der Waals surface area contributed by atoms with E-state index in [9.17, 15) is 14.4 Å². The van der Waals surface area contributed by atoms with Crippen molar-refractivity contribution in [1.82, 2.24) is 18.7 Å². The Balaban J connectivity index is 1.54. The van der Waals surface area contributed by atoms with Crippen LogP contribution in [0.4, 0.5) is 0 Å². The molecule has 2 aliphatic rings. The molecular formula is C35H40N4O4. The molecule has 8 nitrogen and oxygen atoms in total. The standard InChI is InChI=1S/C35H40N4O4/c40-30(41)21-18-25-16-19-29(20-17-25)32-36-33-31(37(32)22-26-10-4-1-5-11-26)34(42)39(24-28-14-8-3-9-15-28)35(43)38(33)23-27-12-6-2-7-13-27/h1,4-5,10-11,16-21,27-28H,2-3,6-9,12-15,22-24H2,(H,40,41). The second kappa shape index (κ2) is 13.0. The maximum Gasteiger partial charge on any atom is 0.332 e. The van der Waals surface area contributed by atoms with Gasteiger partial charge in [-0.05, 0) is 54.7 Å². The van der Waals surface area contributed by atoms with Crippen LogP contribution >= 0.6 is 0 Å². The zero-order chi connectivity index (χ0) is 29.8. The number of rotatable bonds is 9. The van der Waals surface area contributed by atoms with E-state index in [-0.39, 0.29) is 11.2 Å². The van der Waals surface area contributed by atoms with Crippen molar-refractivity contribution in [2.75, 3.05) is 0 Å². The van der Waals surface area contributed by atoms with E-state index in [0.717, 1.165) is 61.3 Å². The number of imidazole rings is 1. The zero-order valence-electron chi connectivity index (χ0n) is 24.7. The monoisotopic (exact) mass is 580 g/mol. The highest BCUT2D eigenvalue weighted by Gasteiger charge is 2.26. The number of carboxylic acids is 1. The average molecular weight is 581 g/mol.